The van der Waals surface area contributed by atoms with Crippen LogP contribution in [0.3, 0.4) is 0 Å². The Hall–Kier alpha value is -0.620. The lowest BCUT2D eigenvalue weighted by Crippen LogP contribution is -2.30. The maximum absolute atomic E-state index is 13.4. The summed E-state index contributed by atoms with van der Waals surface area (Å²) in [6, 6.07) is 6.97. The summed E-state index contributed by atoms with van der Waals surface area (Å²) in [5.41, 5.74) is 6.80. The van der Waals surface area contributed by atoms with Crippen molar-refractivity contribution >= 4 is 11.9 Å². The van der Waals surface area contributed by atoms with E-state index >= 15 is 0 Å². The van der Waals surface area contributed by atoms with Gasteiger partial charge in [-0.2, -0.15) is 0 Å². The Morgan fingerprint density at radius 2 is 1.95 bits per heavy atom. The van der Waals surface area contributed by atoms with Crippen molar-refractivity contribution < 1.29 is 4.39 Å². The van der Waals surface area contributed by atoms with Crippen molar-refractivity contribution in [2.75, 3.05) is 32.9 Å². The smallest absolute Gasteiger partial charge is 0.126 e. The third kappa shape index (κ3) is 7.81. The lowest BCUT2D eigenvalue weighted by molar-refractivity contribution is 0.320. The fourth-order valence-corrected chi connectivity index (χ4v) is 2.40. The number of nitrogens with two attached hydrogens (primary N) is 1. The number of benzene rings is 1. The highest BCUT2D eigenvalue weighted by Crippen LogP contribution is 2.12. The van der Waals surface area contributed by atoms with Gasteiger partial charge in [-0.3, -0.25) is 4.72 Å². The molecular weight excluding hydrogens is 285 g/mol. The maximum Gasteiger partial charge on any atom is 0.126 e. The Labute approximate surface area is 132 Å². The molecule has 120 valence electrons. The van der Waals surface area contributed by atoms with Crippen LogP contribution in [0.15, 0.2) is 24.3 Å². The van der Waals surface area contributed by atoms with Gasteiger partial charge in [0.05, 0.1) is 0 Å². The van der Waals surface area contributed by atoms with Gasteiger partial charge in [0.1, 0.15) is 5.82 Å². The van der Waals surface area contributed by atoms with Gasteiger partial charge >= 0.3 is 0 Å². The van der Waals surface area contributed by atoms with Crippen LogP contribution in [0.2, 0.25) is 0 Å². The van der Waals surface area contributed by atoms with Gasteiger partial charge in [0.25, 0.3) is 0 Å². The Kier molecular flexibility index (Phi) is 9.67. The molecule has 1 saturated heterocycles. The molecule has 2 rings (SSSR count). The van der Waals surface area contributed by atoms with Crippen LogP contribution in [0, 0.1) is 5.82 Å². The monoisotopic (exact) mass is 313 g/mol. The summed E-state index contributed by atoms with van der Waals surface area (Å²) in [5.74, 6) is -0.135. The van der Waals surface area contributed by atoms with E-state index in [1.165, 1.54) is 32.0 Å². The minimum atomic E-state index is -0.135. The van der Waals surface area contributed by atoms with Crippen molar-refractivity contribution in [2.45, 2.75) is 31.7 Å². The standard InChI is InChI=1S/C14H21FN2.C2H7NS/c15-14-6-2-1-5-12(14)11-13(16)7-10-17-8-3-4-9-17;1-3-4-2/h1-2,5-6,13H,3-4,7-11,16H2;3H,1-2H3. The van der Waals surface area contributed by atoms with Gasteiger partial charge in [0.2, 0.25) is 0 Å². The first-order valence-electron chi connectivity index (χ1n) is 7.58. The zero-order valence-corrected chi connectivity index (χ0v) is 14.0. The summed E-state index contributed by atoms with van der Waals surface area (Å²) in [6.07, 6.45) is 6.19. The lowest BCUT2D eigenvalue weighted by atomic mass is 10.0. The fourth-order valence-electron chi connectivity index (χ4n) is 2.40. The van der Waals surface area contributed by atoms with Gasteiger partial charge in [0, 0.05) is 6.04 Å². The molecule has 1 aliphatic rings. The molecule has 1 atom stereocenters. The van der Waals surface area contributed by atoms with Crippen LogP contribution in [0.4, 0.5) is 4.39 Å². The molecule has 1 heterocycles. The van der Waals surface area contributed by atoms with Crippen LogP contribution < -0.4 is 10.5 Å². The molecule has 3 N–H and O–H groups in total. The number of nitrogens with one attached hydrogen (secondary N) is 1. The fraction of sp³-hybridized carbons (Fsp3) is 0.625. The zero-order chi connectivity index (χ0) is 15.5. The van der Waals surface area contributed by atoms with Gasteiger partial charge in [-0.1, -0.05) is 30.1 Å². The Morgan fingerprint density at radius 3 is 2.52 bits per heavy atom. The first-order valence-corrected chi connectivity index (χ1v) is 8.81. The molecule has 3 nitrogen and oxygen atoms in total. The van der Waals surface area contributed by atoms with Crippen molar-refractivity contribution in [2.24, 2.45) is 5.73 Å². The van der Waals surface area contributed by atoms with Gasteiger partial charge in [-0.05, 0) is 70.3 Å². The van der Waals surface area contributed by atoms with Gasteiger partial charge in [-0.25, -0.2) is 4.39 Å². The van der Waals surface area contributed by atoms with Crippen LogP contribution in [0.25, 0.3) is 0 Å². The van der Waals surface area contributed by atoms with E-state index in [-0.39, 0.29) is 11.9 Å². The predicted molar refractivity (Wildman–Crippen MR) is 90.9 cm³/mol. The van der Waals surface area contributed by atoms with E-state index < -0.39 is 0 Å². The van der Waals surface area contributed by atoms with Crippen molar-refractivity contribution in [1.29, 1.82) is 0 Å². The second-order valence-corrected chi connectivity index (χ2v) is 6.12. The second kappa shape index (κ2) is 11.0. The normalized spacial score (nSPS) is 16.4. The molecule has 21 heavy (non-hydrogen) atoms. The quantitative estimate of drug-likeness (QED) is 0.792. The van der Waals surface area contributed by atoms with E-state index in [1.807, 2.05) is 25.4 Å². The second-order valence-electron chi connectivity index (χ2n) is 5.30. The minimum Gasteiger partial charge on any atom is -0.327 e. The minimum absolute atomic E-state index is 0.0625. The third-order valence-corrected chi connectivity index (χ3v) is 4.07. The van der Waals surface area contributed by atoms with Crippen LogP contribution >= 0.6 is 11.9 Å². The predicted octanol–water partition coefficient (Wildman–Crippen LogP) is 2.67. The zero-order valence-electron chi connectivity index (χ0n) is 13.1. The molecule has 1 unspecified atom stereocenters. The van der Waals surface area contributed by atoms with E-state index in [2.05, 4.69) is 9.62 Å². The van der Waals surface area contributed by atoms with E-state index in [1.54, 1.807) is 18.0 Å². The molecule has 0 radical (unpaired) electrons. The first-order chi connectivity index (χ1) is 10.2. The van der Waals surface area contributed by atoms with E-state index in [9.17, 15) is 4.39 Å². The van der Waals surface area contributed by atoms with Crippen molar-refractivity contribution in [1.82, 2.24) is 9.62 Å². The van der Waals surface area contributed by atoms with E-state index in [0.29, 0.717) is 6.42 Å². The summed E-state index contributed by atoms with van der Waals surface area (Å²) < 4.78 is 16.3. The molecule has 0 spiro atoms. The summed E-state index contributed by atoms with van der Waals surface area (Å²) >= 11 is 1.61. The highest BCUT2D eigenvalue weighted by atomic mass is 32.2. The van der Waals surface area contributed by atoms with Crippen molar-refractivity contribution in [3.8, 4) is 0 Å². The third-order valence-electron chi connectivity index (χ3n) is 3.66. The average molecular weight is 313 g/mol. The van der Waals surface area contributed by atoms with Crippen LogP contribution in [0.1, 0.15) is 24.8 Å². The Bertz CT molecular complexity index is 382. The van der Waals surface area contributed by atoms with Crippen LogP contribution in [-0.4, -0.2) is 43.9 Å². The summed E-state index contributed by atoms with van der Waals surface area (Å²) in [4.78, 5) is 2.45. The number of halogens is 1. The SMILES string of the molecule is CNSC.NC(CCN1CCCC1)Cc1ccccc1F. The molecule has 0 saturated carbocycles. The highest BCUT2D eigenvalue weighted by molar-refractivity contribution is 7.96. The number of nitrogens with zero attached hydrogens (tertiary/aromatic N) is 1. The Morgan fingerprint density at radius 1 is 1.33 bits per heavy atom. The molecule has 5 heteroatoms. The number of rotatable bonds is 6. The summed E-state index contributed by atoms with van der Waals surface area (Å²) in [5, 5.41) is 0. The molecule has 1 fully saturated rings. The topological polar surface area (TPSA) is 41.3 Å². The van der Waals surface area contributed by atoms with Crippen LogP contribution in [0.5, 0.6) is 0 Å². The largest absolute Gasteiger partial charge is 0.327 e. The highest BCUT2D eigenvalue weighted by Gasteiger charge is 2.13. The van der Waals surface area contributed by atoms with Crippen LogP contribution in [-0.2, 0) is 6.42 Å². The maximum atomic E-state index is 13.4. The molecule has 0 aliphatic carbocycles. The molecule has 0 amide bonds. The lowest BCUT2D eigenvalue weighted by Gasteiger charge is -2.18. The first kappa shape index (κ1) is 18.4. The van der Waals surface area contributed by atoms with Gasteiger partial charge < -0.3 is 10.6 Å². The number of hydrogen-bond donors (Lipinski definition) is 2. The number of likely N-dealkylation sites (tertiary alicyclic amines) is 1. The Balaban J connectivity index is 0.000000491. The van der Waals surface area contributed by atoms with E-state index in [0.717, 1.165) is 18.5 Å². The molecule has 1 aliphatic heterocycles. The molecule has 0 bridgehead atoms. The van der Waals surface area contributed by atoms with Crippen molar-refractivity contribution in [3.05, 3.63) is 35.6 Å². The summed E-state index contributed by atoms with van der Waals surface area (Å²) in [6.45, 7) is 3.45. The van der Waals surface area contributed by atoms with Gasteiger partial charge in [0.15, 0.2) is 0 Å². The van der Waals surface area contributed by atoms with Crippen molar-refractivity contribution in [3.63, 3.8) is 0 Å². The summed E-state index contributed by atoms with van der Waals surface area (Å²) in [7, 11) is 1.89. The molecule has 0 aromatic heterocycles. The molecule has 1 aromatic carbocycles. The van der Waals surface area contributed by atoms with Gasteiger partial charge in [-0.15, -0.1) is 0 Å². The average Bonchev–Trinajstić information content (AvgIpc) is 3.01. The van der Waals surface area contributed by atoms with E-state index in [4.69, 9.17) is 5.73 Å². The molecular formula is C16H28FN3S. The number of hydrogen-bond acceptors (Lipinski definition) is 4. The molecule has 1 aromatic rings.